The summed E-state index contributed by atoms with van der Waals surface area (Å²) in [7, 11) is 1.60. The number of benzene rings is 4. The van der Waals surface area contributed by atoms with E-state index < -0.39 is 11.2 Å². The molecule has 0 aliphatic rings. The highest BCUT2D eigenvalue weighted by Crippen LogP contribution is 2.37. The predicted octanol–water partition coefficient (Wildman–Crippen LogP) is 6.67. The lowest BCUT2D eigenvalue weighted by molar-refractivity contribution is -0.115. The Labute approximate surface area is 230 Å². The van der Waals surface area contributed by atoms with Crippen LogP contribution < -0.4 is 20.7 Å². The number of ether oxygens (including phenoxy) is 1. The molecule has 192 valence electrons. The highest BCUT2D eigenvalue weighted by Gasteiger charge is 2.22. The molecule has 0 aliphatic carbocycles. The summed E-state index contributed by atoms with van der Waals surface area (Å²) in [6, 6.07) is 30.7. The first-order chi connectivity index (χ1) is 18.4. The van der Waals surface area contributed by atoms with Crippen LogP contribution in [-0.2, 0) is 4.79 Å². The Bertz CT molecular complexity index is 1430. The van der Waals surface area contributed by atoms with E-state index in [0.29, 0.717) is 16.5 Å². The molecule has 0 spiro atoms. The Morgan fingerprint density at radius 1 is 0.816 bits per heavy atom. The van der Waals surface area contributed by atoms with Gasteiger partial charge in [0.15, 0.2) is 5.11 Å². The fourth-order valence-electron chi connectivity index (χ4n) is 3.62. The van der Waals surface area contributed by atoms with E-state index in [1.54, 1.807) is 19.2 Å². The highest BCUT2D eigenvalue weighted by atomic mass is 32.2. The van der Waals surface area contributed by atoms with Crippen molar-refractivity contribution in [2.24, 2.45) is 0 Å². The number of hydrogen-bond acceptors (Lipinski definition) is 5. The fourth-order valence-corrected chi connectivity index (χ4v) is 4.93. The number of thioether (sulfide) groups is 1. The Morgan fingerprint density at radius 3 is 2.24 bits per heavy atom. The number of amides is 1. The van der Waals surface area contributed by atoms with Crippen LogP contribution in [0.5, 0.6) is 5.75 Å². The summed E-state index contributed by atoms with van der Waals surface area (Å²) >= 11 is 6.89. The van der Waals surface area contributed by atoms with Crippen molar-refractivity contribution in [3.63, 3.8) is 0 Å². The zero-order valence-corrected chi connectivity index (χ0v) is 22.0. The second-order valence-corrected chi connectivity index (χ2v) is 9.67. The maximum absolute atomic E-state index is 13.4. The Balaban J connectivity index is 1.49. The van der Waals surface area contributed by atoms with Gasteiger partial charge in [0.2, 0.25) is 5.91 Å². The molecule has 4 N–H and O–H groups in total. The number of aromatic carboxylic acids is 1. The molecule has 4 aromatic carbocycles. The molecule has 38 heavy (non-hydrogen) atoms. The SMILES string of the molecule is COc1ccccc1NC(=S)Nc1cccc(SC(C(=O)Nc2ccc(C(=O)O)cc2)c2ccccc2)c1. The number of rotatable bonds is 9. The van der Waals surface area contributed by atoms with Gasteiger partial charge in [0, 0.05) is 16.3 Å². The van der Waals surface area contributed by atoms with E-state index in [2.05, 4.69) is 16.0 Å². The zero-order chi connectivity index (χ0) is 26.9. The quantitative estimate of drug-likeness (QED) is 0.137. The minimum atomic E-state index is -1.02. The second kappa shape index (κ2) is 12.8. The number of carbonyl (C=O) groups is 2. The van der Waals surface area contributed by atoms with Gasteiger partial charge in [-0.05, 0) is 72.4 Å². The second-order valence-electron chi connectivity index (χ2n) is 8.09. The van der Waals surface area contributed by atoms with Crippen molar-refractivity contribution in [2.45, 2.75) is 10.1 Å². The van der Waals surface area contributed by atoms with E-state index >= 15 is 0 Å². The predicted molar refractivity (Wildman–Crippen MR) is 156 cm³/mol. The van der Waals surface area contributed by atoms with Gasteiger partial charge in [-0.1, -0.05) is 48.5 Å². The third kappa shape index (κ3) is 7.12. The van der Waals surface area contributed by atoms with Gasteiger partial charge < -0.3 is 25.8 Å². The first-order valence-corrected chi connectivity index (χ1v) is 12.9. The summed E-state index contributed by atoms with van der Waals surface area (Å²) < 4.78 is 5.37. The van der Waals surface area contributed by atoms with Gasteiger partial charge in [-0.25, -0.2) is 4.79 Å². The maximum atomic E-state index is 13.4. The van der Waals surface area contributed by atoms with Gasteiger partial charge in [-0.3, -0.25) is 4.79 Å². The average Bonchev–Trinajstić information content (AvgIpc) is 2.93. The first-order valence-electron chi connectivity index (χ1n) is 11.6. The van der Waals surface area contributed by atoms with E-state index in [9.17, 15) is 9.59 Å². The van der Waals surface area contributed by atoms with Gasteiger partial charge in [-0.15, -0.1) is 11.8 Å². The maximum Gasteiger partial charge on any atom is 0.335 e. The molecular weight excluding hydrogens is 518 g/mol. The van der Waals surface area contributed by atoms with Crippen LogP contribution in [0.4, 0.5) is 17.1 Å². The Morgan fingerprint density at radius 2 is 1.53 bits per heavy atom. The topological polar surface area (TPSA) is 99.7 Å². The van der Waals surface area contributed by atoms with Crippen molar-refractivity contribution in [1.82, 2.24) is 0 Å². The number of para-hydroxylation sites is 2. The van der Waals surface area contributed by atoms with Gasteiger partial charge in [-0.2, -0.15) is 0 Å². The number of carbonyl (C=O) groups excluding carboxylic acids is 1. The summed E-state index contributed by atoms with van der Waals surface area (Å²) in [5.74, 6) is -0.571. The van der Waals surface area contributed by atoms with Gasteiger partial charge in [0.25, 0.3) is 0 Å². The van der Waals surface area contributed by atoms with E-state index in [1.165, 1.54) is 23.9 Å². The molecule has 0 bridgehead atoms. The number of methoxy groups -OCH3 is 1. The number of thiocarbonyl (C=S) groups is 1. The number of hydrogen-bond donors (Lipinski definition) is 4. The van der Waals surface area contributed by atoms with Crippen LogP contribution in [0.1, 0.15) is 21.2 Å². The third-order valence-electron chi connectivity index (χ3n) is 5.44. The van der Waals surface area contributed by atoms with Crippen molar-refractivity contribution >= 4 is 58.0 Å². The van der Waals surface area contributed by atoms with Crippen molar-refractivity contribution < 1.29 is 19.4 Å². The molecule has 4 rings (SSSR count). The Kier molecular flexibility index (Phi) is 8.97. The van der Waals surface area contributed by atoms with Crippen molar-refractivity contribution in [3.8, 4) is 5.75 Å². The third-order valence-corrected chi connectivity index (χ3v) is 6.89. The molecular formula is C29H25N3O4S2. The lowest BCUT2D eigenvalue weighted by atomic mass is 10.1. The molecule has 0 aromatic heterocycles. The van der Waals surface area contributed by atoms with Crippen LogP contribution in [-0.4, -0.2) is 29.2 Å². The van der Waals surface area contributed by atoms with Crippen molar-refractivity contribution in [3.05, 3.63) is 114 Å². The number of nitrogens with one attached hydrogen (secondary N) is 3. The minimum absolute atomic E-state index is 0.152. The smallest absolute Gasteiger partial charge is 0.335 e. The molecule has 0 fully saturated rings. The normalized spacial score (nSPS) is 11.2. The lowest BCUT2D eigenvalue weighted by Gasteiger charge is -2.18. The molecule has 0 radical (unpaired) electrons. The first kappa shape index (κ1) is 26.7. The standard InChI is InChI=1S/C29H25N3O4S2/c1-36-25-13-6-5-12-24(25)32-29(37)31-22-10-7-11-23(18-22)38-26(19-8-3-2-4-9-19)27(33)30-21-16-14-20(15-17-21)28(34)35/h2-18,26H,1H3,(H,30,33)(H,34,35)(H2,31,32,37). The van der Waals surface area contributed by atoms with E-state index in [4.69, 9.17) is 22.1 Å². The minimum Gasteiger partial charge on any atom is -0.495 e. The lowest BCUT2D eigenvalue weighted by Crippen LogP contribution is -2.20. The van der Waals surface area contributed by atoms with Crippen LogP contribution in [0, 0.1) is 0 Å². The number of carboxylic acids is 1. The molecule has 1 unspecified atom stereocenters. The molecule has 0 saturated carbocycles. The monoisotopic (exact) mass is 543 g/mol. The highest BCUT2D eigenvalue weighted by molar-refractivity contribution is 8.00. The summed E-state index contributed by atoms with van der Waals surface area (Å²) in [6.45, 7) is 0. The van der Waals surface area contributed by atoms with E-state index in [0.717, 1.165) is 21.8 Å². The number of anilines is 3. The number of carboxylic acid groups (broad SMARTS) is 1. The van der Waals surface area contributed by atoms with Gasteiger partial charge in [0.1, 0.15) is 11.0 Å². The van der Waals surface area contributed by atoms with Crippen LogP contribution in [0.25, 0.3) is 0 Å². The molecule has 1 amide bonds. The van der Waals surface area contributed by atoms with Crippen LogP contribution in [0.2, 0.25) is 0 Å². The molecule has 7 nitrogen and oxygen atoms in total. The van der Waals surface area contributed by atoms with E-state index in [-0.39, 0.29) is 11.5 Å². The van der Waals surface area contributed by atoms with Crippen LogP contribution >= 0.6 is 24.0 Å². The molecule has 0 heterocycles. The molecule has 4 aromatic rings. The zero-order valence-electron chi connectivity index (χ0n) is 20.4. The summed E-state index contributed by atoms with van der Waals surface area (Å²) in [4.78, 5) is 25.3. The average molecular weight is 544 g/mol. The molecule has 0 saturated heterocycles. The summed E-state index contributed by atoms with van der Waals surface area (Å²) in [5, 5.41) is 18.2. The van der Waals surface area contributed by atoms with Crippen LogP contribution in [0.15, 0.2) is 108 Å². The van der Waals surface area contributed by atoms with Crippen LogP contribution in [0.3, 0.4) is 0 Å². The summed E-state index contributed by atoms with van der Waals surface area (Å²) in [6.07, 6.45) is 0. The Hall–Kier alpha value is -4.34. The van der Waals surface area contributed by atoms with Crippen molar-refractivity contribution in [2.75, 3.05) is 23.1 Å². The molecule has 1 atom stereocenters. The fraction of sp³-hybridized carbons (Fsp3) is 0.0690. The largest absolute Gasteiger partial charge is 0.495 e. The van der Waals surface area contributed by atoms with Crippen molar-refractivity contribution in [1.29, 1.82) is 0 Å². The van der Waals surface area contributed by atoms with Gasteiger partial charge >= 0.3 is 5.97 Å². The molecule has 0 aliphatic heterocycles. The summed E-state index contributed by atoms with van der Waals surface area (Å²) in [5.41, 5.74) is 3.02. The molecule has 9 heteroatoms. The van der Waals surface area contributed by atoms with E-state index in [1.807, 2.05) is 78.9 Å². The van der Waals surface area contributed by atoms with Gasteiger partial charge in [0.05, 0.1) is 18.4 Å².